The molecular formula is C64H57N4OPt-. The van der Waals surface area contributed by atoms with Gasteiger partial charge in [0.15, 0.2) is 0 Å². The average molecular weight is 1090 g/mol. The monoisotopic (exact) mass is 1090 g/mol. The van der Waals surface area contributed by atoms with E-state index in [1.807, 2.05) is 18.2 Å². The van der Waals surface area contributed by atoms with Gasteiger partial charge >= 0.3 is 0 Å². The molecule has 3 aliphatic carbocycles. The first kappa shape index (κ1) is 45.6. The van der Waals surface area contributed by atoms with Crippen molar-refractivity contribution < 1.29 is 26.2 Å². The normalized spacial score (nSPS) is 14.7. The Morgan fingerprint density at radius 2 is 0.814 bits per heavy atom. The molecule has 2 bridgehead atoms. The minimum Gasteiger partial charge on any atom is -0.507 e. The van der Waals surface area contributed by atoms with Gasteiger partial charge in [-0.1, -0.05) is 177 Å². The molecule has 0 fully saturated rings. The van der Waals surface area contributed by atoms with Gasteiger partial charge in [0, 0.05) is 49.7 Å². The molecule has 1 N–H and O–H groups in total. The Morgan fingerprint density at radius 1 is 0.429 bits per heavy atom. The summed E-state index contributed by atoms with van der Waals surface area (Å²) in [6.07, 6.45) is 0. The van der Waals surface area contributed by atoms with E-state index < -0.39 is 0 Å². The summed E-state index contributed by atoms with van der Waals surface area (Å²) in [5.41, 5.74) is 23.0. The van der Waals surface area contributed by atoms with Gasteiger partial charge in [-0.2, -0.15) is 0 Å². The van der Waals surface area contributed by atoms with Crippen LogP contribution in [0.25, 0.3) is 67.3 Å². The fourth-order valence-electron chi connectivity index (χ4n) is 11.9. The summed E-state index contributed by atoms with van der Waals surface area (Å²) in [5, 5.41) is 11.6. The second-order valence-corrected chi connectivity index (χ2v) is 20.5. The first-order valence-corrected chi connectivity index (χ1v) is 24.8. The summed E-state index contributed by atoms with van der Waals surface area (Å²) in [4.78, 5) is 11.4. The molecule has 3 aliphatic rings. The second-order valence-electron chi connectivity index (χ2n) is 20.5. The molecule has 0 atom stereocenters. The van der Waals surface area contributed by atoms with Crippen LogP contribution in [0.2, 0.25) is 0 Å². The number of benzene rings is 8. The van der Waals surface area contributed by atoms with E-state index in [0.29, 0.717) is 11.4 Å². The van der Waals surface area contributed by atoms with E-state index in [9.17, 15) is 5.11 Å². The third kappa shape index (κ3) is 6.90. The van der Waals surface area contributed by atoms with Crippen LogP contribution in [0, 0.1) is 6.07 Å². The molecule has 350 valence electrons. The zero-order chi connectivity index (χ0) is 47.4. The number of phenolic OH excluding ortho intramolecular Hbond substituents is 1. The van der Waals surface area contributed by atoms with Gasteiger partial charge < -0.3 is 9.67 Å². The van der Waals surface area contributed by atoms with Crippen molar-refractivity contribution in [2.45, 2.75) is 90.9 Å². The number of aromatic hydroxyl groups is 1. The van der Waals surface area contributed by atoms with Crippen molar-refractivity contribution in [1.82, 2.24) is 19.1 Å². The number of nitrogens with zero attached hydrogens (tertiary/aromatic N) is 4. The number of hydrogen-bond acceptors (Lipinski definition) is 3. The van der Waals surface area contributed by atoms with E-state index in [-0.39, 0.29) is 62.3 Å². The van der Waals surface area contributed by atoms with Crippen molar-refractivity contribution in [3.63, 3.8) is 0 Å². The zero-order valence-electron chi connectivity index (χ0n) is 41.0. The molecule has 0 saturated carbocycles. The van der Waals surface area contributed by atoms with E-state index in [1.165, 1.54) is 61.3 Å². The third-order valence-corrected chi connectivity index (χ3v) is 15.1. The Bertz CT molecular complexity index is 3580. The van der Waals surface area contributed by atoms with E-state index in [0.717, 1.165) is 50.3 Å². The molecule has 5 nitrogen and oxygen atoms in total. The summed E-state index contributed by atoms with van der Waals surface area (Å²) in [6.45, 7) is 18.2. The Morgan fingerprint density at radius 3 is 1.27 bits per heavy atom. The average Bonchev–Trinajstić information content (AvgIpc) is 3.95. The van der Waals surface area contributed by atoms with Crippen molar-refractivity contribution in [3.8, 4) is 51.0 Å². The summed E-state index contributed by atoms with van der Waals surface area (Å²) in [5.74, 6) is 3.08. The molecule has 0 radical (unpaired) electrons. The molecule has 0 unspecified atom stereocenters. The molecule has 2 aromatic heterocycles. The number of phenols is 1. The fraction of sp³-hybridized carbons (Fsp3) is 0.219. The predicted molar refractivity (Wildman–Crippen MR) is 284 cm³/mol. The molecular weight excluding hydrogens is 1040 g/mol. The first-order chi connectivity index (χ1) is 33.5. The molecule has 0 amide bonds. The SMILES string of the molecule is CC(C)c1cccc(C(C)C)c1-n1c(-c2[c-]cc3c(c2)C2c4ccccc4C3c3ccccc32)nc2c(-c3cccc4c3nc(-c3ccccc3O)n4-c3c(C(C)C)cccc3C(C)C)cccc21.[Pt]. The standard InChI is InChI=1S/C64H57N4O.Pt/c1-36(2)41-24-15-25-42(37(3)4)61(41)67-54-30-17-28-50(59(54)65-63(67)40-33-34-49-53(35-40)58-47-21-11-9-19-45(47)57(49)46-20-10-12-22-48(46)58)51-29-18-31-55-60(51)66-64(52-23-13-14-32-56(52)69)68(55)62-43(38(5)6)26-16-27-44(62)39(7)8;/h9-32,34-39,57-58,69H,1-8H3;/q-1;. The molecule has 13 rings (SSSR count). The topological polar surface area (TPSA) is 55.9 Å². The number of hydrogen-bond donors (Lipinski definition) is 1. The fourth-order valence-corrected chi connectivity index (χ4v) is 11.9. The first-order valence-electron chi connectivity index (χ1n) is 24.8. The van der Waals surface area contributed by atoms with Crippen molar-refractivity contribution in [1.29, 1.82) is 0 Å². The molecule has 6 heteroatoms. The van der Waals surface area contributed by atoms with Crippen molar-refractivity contribution in [2.75, 3.05) is 0 Å². The van der Waals surface area contributed by atoms with Gasteiger partial charge in [-0.3, -0.25) is 9.55 Å². The Labute approximate surface area is 426 Å². The number of para-hydroxylation sites is 5. The molecule has 70 heavy (non-hydrogen) atoms. The minimum atomic E-state index is 0. The summed E-state index contributed by atoms with van der Waals surface area (Å²) in [6, 6.07) is 60.8. The number of aromatic nitrogens is 4. The van der Waals surface area contributed by atoms with Gasteiger partial charge in [0.2, 0.25) is 0 Å². The largest absolute Gasteiger partial charge is 0.507 e. The summed E-state index contributed by atoms with van der Waals surface area (Å²) in [7, 11) is 0. The molecule has 10 aromatic rings. The summed E-state index contributed by atoms with van der Waals surface area (Å²) < 4.78 is 4.76. The van der Waals surface area contributed by atoms with E-state index >= 15 is 0 Å². The van der Waals surface area contributed by atoms with E-state index in [2.05, 4.69) is 204 Å². The van der Waals surface area contributed by atoms with Crippen LogP contribution in [0.4, 0.5) is 0 Å². The van der Waals surface area contributed by atoms with Crippen molar-refractivity contribution in [2.24, 2.45) is 0 Å². The maximum Gasteiger partial charge on any atom is 0.149 e. The van der Waals surface area contributed by atoms with Crippen molar-refractivity contribution >= 4 is 22.1 Å². The zero-order valence-corrected chi connectivity index (χ0v) is 43.3. The van der Waals surface area contributed by atoms with Gasteiger partial charge in [-0.25, -0.2) is 4.98 Å². The third-order valence-electron chi connectivity index (χ3n) is 15.1. The van der Waals surface area contributed by atoms with Gasteiger partial charge in [-0.05, 0) is 92.4 Å². The van der Waals surface area contributed by atoms with Gasteiger partial charge in [0.05, 0.1) is 39.1 Å². The van der Waals surface area contributed by atoms with Crippen molar-refractivity contribution in [3.05, 3.63) is 219 Å². The van der Waals surface area contributed by atoms with Gasteiger partial charge in [-0.15, -0.1) is 34.9 Å². The van der Waals surface area contributed by atoms with Gasteiger partial charge in [0.25, 0.3) is 0 Å². The Hall–Kier alpha value is -6.81. The second kappa shape index (κ2) is 17.5. The maximum atomic E-state index is 11.6. The smallest absolute Gasteiger partial charge is 0.149 e. The van der Waals surface area contributed by atoms with Crippen LogP contribution < -0.4 is 0 Å². The molecule has 0 spiro atoms. The maximum absolute atomic E-state index is 11.6. The predicted octanol–water partition coefficient (Wildman–Crippen LogP) is 16.3. The van der Waals surface area contributed by atoms with Crippen LogP contribution in [0.3, 0.4) is 0 Å². The molecule has 2 heterocycles. The molecule has 0 aliphatic heterocycles. The quantitative estimate of drug-likeness (QED) is 0.147. The molecule has 8 aromatic carbocycles. The van der Waals surface area contributed by atoms with Crippen LogP contribution in [-0.2, 0) is 21.1 Å². The Balaban J connectivity index is 0.00000533. The van der Waals surface area contributed by atoms with Crippen LogP contribution in [0.1, 0.15) is 147 Å². The van der Waals surface area contributed by atoms with Crippen LogP contribution in [0.15, 0.2) is 158 Å². The number of rotatable bonds is 9. The van der Waals surface area contributed by atoms with Gasteiger partial charge in [0.1, 0.15) is 11.6 Å². The molecule has 0 saturated heterocycles. The van der Waals surface area contributed by atoms with Crippen LogP contribution in [0.5, 0.6) is 5.75 Å². The number of imidazole rings is 2. The minimum absolute atomic E-state index is 0. The van der Waals surface area contributed by atoms with E-state index in [1.54, 1.807) is 6.07 Å². The summed E-state index contributed by atoms with van der Waals surface area (Å²) >= 11 is 0. The van der Waals surface area contributed by atoms with E-state index in [4.69, 9.17) is 9.97 Å². The Kier molecular flexibility index (Phi) is 11.4. The number of fused-ring (bicyclic) bond motifs is 2. The van der Waals surface area contributed by atoms with Crippen LogP contribution in [-0.4, -0.2) is 24.2 Å². The van der Waals surface area contributed by atoms with Crippen LogP contribution >= 0.6 is 0 Å².